The molecule has 0 unspecified atom stereocenters. The minimum Gasteiger partial charge on any atom is -1.00 e. The molecule has 0 atom stereocenters. The number of hydrogen-bond acceptors (Lipinski definition) is 3. The lowest BCUT2D eigenvalue weighted by molar-refractivity contribution is -0.671. The number of aryl methyl sites for hydroxylation is 2. The summed E-state index contributed by atoms with van der Waals surface area (Å²) in [6.07, 6.45) is 13.0. The molecule has 27 heavy (non-hydrogen) atoms. The zero-order chi connectivity index (χ0) is 18.2. The molecule has 142 valence electrons. The van der Waals surface area contributed by atoms with Crippen LogP contribution in [0, 0.1) is 0 Å². The highest BCUT2D eigenvalue weighted by Gasteiger charge is 2.03. The highest BCUT2D eigenvalue weighted by atomic mass is 79.9. The number of allylic oxidation sites excluding steroid dienone is 1. The van der Waals surface area contributed by atoms with E-state index >= 15 is 0 Å². The predicted molar refractivity (Wildman–Crippen MR) is 98.9 cm³/mol. The number of nitrogens with zero attached hydrogens (tertiary/aromatic N) is 2. The second-order valence-electron chi connectivity index (χ2n) is 6.11. The van der Waals surface area contributed by atoms with E-state index in [0.29, 0.717) is 17.9 Å². The van der Waals surface area contributed by atoms with Crippen LogP contribution in [-0.4, -0.2) is 17.0 Å². The Kier molecular flexibility index (Phi) is 8.07. The van der Waals surface area contributed by atoms with E-state index in [1.807, 2.05) is 29.9 Å². The zero-order valence-electron chi connectivity index (χ0n) is 15.3. The van der Waals surface area contributed by atoms with Gasteiger partial charge in [-0.15, -0.1) is 0 Å². The summed E-state index contributed by atoms with van der Waals surface area (Å²) in [6.45, 7) is 1.65. The van der Waals surface area contributed by atoms with Gasteiger partial charge in [0.25, 0.3) is 0 Å². The number of aromatic nitrogens is 2. The van der Waals surface area contributed by atoms with Gasteiger partial charge in [0.1, 0.15) is 23.9 Å². The van der Waals surface area contributed by atoms with Gasteiger partial charge in [0, 0.05) is 5.56 Å². The Labute approximate surface area is 169 Å². The summed E-state index contributed by atoms with van der Waals surface area (Å²) in [6, 6.07) is 10.8. The molecule has 3 aromatic rings. The van der Waals surface area contributed by atoms with Crippen LogP contribution in [0.1, 0.15) is 29.0 Å². The molecule has 0 saturated carbocycles. The van der Waals surface area contributed by atoms with Crippen molar-refractivity contribution in [3.05, 3.63) is 78.8 Å². The normalized spacial score (nSPS) is 10.7. The van der Waals surface area contributed by atoms with Crippen LogP contribution in [0.3, 0.4) is 0 Å². The molecule has 0 fully saturated rings. The molecule has 0 N–H and O–H groups in total. The first-order valence-corrected chi connectivity index (χ1v) is 8.70. The molecule has 0 bridgehead atoms. The molecule has 3 rings (SSSR count). The maximum absolute atomic E-state index is 12.1. The first kappa shape index (κ1) is 20.7. The van der Waals surface area contributed by atoms with E-state index in [2.05, 4.69) is 17.1 Å². The van der Waals surface area contributed by atoms with E-state index in [4.69, 9.17) is 9.15 Å². The summed E-state index contributed by atoms with van der Waals surface area (Å²) in [5, 5.41) is 0. The second-order valence-corrected chi connectivity index (χ2v) is 6.11. The lowest BCUT2D eigenvalue weighted by atomic mass is 10.1. The molecule has 5 nitrogen and oxygen atoms in total. The van der Waals surface area contributed by atoms with Crippen molar-refractivity contribution in [2.45, 2.75) is 19.4 Å². The number of furan rings is 1. The van der Waals surface area contributed by atoms with Crippen molar-refractivity contribution >= 4 is 11.9 Å². The van der Waals surface area contributed by atoms with Gasteiger partial charge in [0.15, 0.2) is 5.78 Å². The minimum atomic E-state index is -0.0622. The zero-order valence-corrected chi connectivity index (χ0v) is 16.8. The van der Waals surface area contributed by atoms with Crippen LogP contribution >= 0.6 is 0 Å². The Morgan fingerprint density at radius 1 is 1.22 bits per heavy atom. The summed E-state index contributed by atoms with van der Waals surface area (Å²) < 4.78 is 15.1. The van der Waals surface area contributed by atoms with Crippen molar-refractivity contribution < 1.29 is 35.5 Å². The Morgan fingerprint density at radius 2 is 2.04 bits per heavy atom. The lowest BCUT2D eigenvalue weighted by Crippen LogP contribution is -3.00. The van der Waals surface area contributed by atoms with Gasteiger partial charge < -0.3 is 26.1 Å². The van der Waals surface area contributed by atoms with Crippen molar-refractivity contribution in [2.75, 3.05) is 6.61 Å². The smallest absolute Gasteiger partial charge is 0.243 e. The second kappa shape index (κ2) is 10.5. The summed E-state index contributed by atoms with van der Waals surface area (Å²) in [5.41, 5.74) is 0.626. The maximum atomic E-state index is 12.1. The number of halogens is 1. The van der Waals surface area contributed by atoms with E-state index in [9.17, 15) is 4.79 Å². The summed E-state index contributed by atoms with van der Waals surface area (Å²) in [7, 11) is 2.01. The standard InChI is InChI=1S/C21H23N2O3.BrH/c1-22-13-14-23(17-22)12-2-3-15-25-20-8-6-18(7-9-20)21(24)11-10-19-5-4-16-26-19;/h4-11,13-14,16-17H,2-3,12,15H2,1H3;1H/q+1;/p-1/b11-10+;. The molecular weight excluding hydrogens is 408 g/mol. The average molecular weight is 431 g/mol. The number of ether oxygens (including phenoxy) is 1. The maximum Gasteiger partial charge on any atom is 0.243 e. The van der Waals surface area contributed by atoms with E-state index in [0.717, 1.165) is 25.1 Å². The number of hydrogen-bond donors (Lipinski definition) is 0. The number of carbonyl (C=O) groups is 1. The third-order valence-corrected chi connectivity index (χ3v) is 3.98. The predicted octanol–water partition coefficient (Wildman–Crippen LogP) is 0.665. The highest BCUT2D eigenvalue weighted by Crippen LogP contribution is 2.14. The van der Waals surface area contributed by atoms with Gasteiger partial charge in [-0.3, -0.25) is 4.79 Å². The van der Waals surface area contributed by atoms with E-state index < -0.39 is 0 Å². The van der Waals surface area contributed by atoms with Gasteiger partial charge in [-0.05, 0) is 61.4 Å². The molecule has 0 saturated heterocycles. The molecule has 0 radical (unpaired) electrons. The molecular formula is C21H23BrN2O3. The van der Waals surface area contributed by atoms with Gasteiger partial charge in [0.2, 0.25) is 6.33 Å². The Balaban J connectivity index is 0.00000261. The van der Waals surface area contributed by atoms with Crippen LogP contribution in [-0.2, 0) is 13.6 Å². The molecule has 0 aliphatic rings. The van der Waals surface area contributed by atoms with Gasteiger partial charge in [-0.1, -0.05) is 0 Å². The van der Waals surface area contributed by atoms with Crippen molar-refractivity contribution in [2.24, 2.45) is 7.05 Å². The number of ketones is 1. The van der Waals surface area contributed by atoms with Gasteiger partial charge in [-0.2, -0.15) is 0 Å². The summed E-state index contributed by atoms with van der Waals surface area (Å²) >= 11 is 0. The summed E-state index contributed by atoms with van der Waals surface area (Å²) in [5.74, 6) is 1.38. The molecule has 0 aliphatic carbocycles. The Hall–Kier alpha value is -2.60. The van der Waals surface area contributed by atoms with E-state index in [1.54, 1.807) is 36.6 Å². The number of carbonyl (C=O) groups excluding carboxylic acids is 1. The minimum absolute atomic E-state index is 0. The molecule has 0 amide bonds. The average Bonchev–Trinajstić information content (AvgIpc) is 3.31. The van der Waals surface area contributed by atoms with E-state index in [1.165, 1.54) is 6.08 Å². The van der Waals surface area contributed by atoms with Gasteiger partial charge in [-0.25, -0.2) is 9.13 Å². The number of unbranched alkanes of at least 4 members (excludes halogenated alkanes) is 1. The lowest BCUT2D eigenvalue weighted by Gasteiger charge is -2.06. The van der Waals surface area contributed by atoms with Crippen molar-refractivity contribution in [3.8, 4) is 5.75 Å². The quantitative estimate of drug-likeness (QED) is 0.217. The van der Waals surface area contributed by atoms with Crippen LogP contribution < -0.4 is 26.3 Å². The number of benzene rings is 1. The molecule has 0 aliphatic heterocycles. The molecule has 2 heterocycles. The third-order valence-electron chi connectivity index (χ3n) is 3.98. The fourth-order valence-corrected chi connectivity index (χ4v) is 2.58. The van der Waals surface area contributed by atoms with Crippen LogP contribution in [0.15, 0.2) is 71.9 Å². The largest absolute Gasteiger partial charge is 1.00 e. The SMILES string of the molecule is C[n+]1ccn(CCCCOc2ccc(C(=O)/C=C/c3ccco3)cc2)c1.[Br-]. The van der Waals surface area contributed by atoms with Crippen molar-refractivity contribution in [1.82, 2.24) is 4.57 Å². The highest BCUT2D eigenvalue weighted by molar-refractivity contribution is 6.06. The van der Waals surface area contributed by atoms with Crippen LogP contribution in [0.2, 0.25) is 0 Å². The fourth-order valence-electron chi connectivity index (χ4n) is 2.58. The van der Waals surface area contributed by atoms with Gasteiger partial charge in [0.05, 0.1) is 26.5 Å². The Bertz CT molecular complexity index is 852. The Morgan fingerprint density at radius 3 is 2.70 bits per heavy atom. The molecule has 2 aromatic heterocycles. The fraction of sp³-hybridized carbons (Fsp3) is 0.238. The van der Waals surface area contributed by atoms with Crippen LogP contribution in [0.25, 0.3) is 6.08 Å². The monoisotopic (exact) mass is 430 g/mol. The third kappa shape index (κ3) is 6.57. The molecule has 0 spiro atoms. The van der Waals surface area contributed by atoms with Gasteiger partial charge >= 0.3 is 0 Å². The van der Waals surface area contributed by atoms with Crippen LogP contribution in [0.4, 0.5) is 0 Å². The summed E-state index contributed by atoms with van der Waals surface area (Å²) in [4.78, 5) is 12.1. The first-order valence-electron chi connectivity index (χ1n) is 8.70. The van der Waals surface area contributed by atoms with Crippen molar-refractivity contribution in [1.29, 1.82) is 0 Å². The number of imidazole rings is 1. The van der Waals surface area contributed by atoms with Crippen LogP contribution in [0.5, 0.6) is 5.75 Å². The van der Waals surface area contributed by atoms with Crippen molar-refractivity contribution in [3.63, 3.8) is 0 Å². The molecule has 6 heteroatoms. The number of rotatable bonds is 9. The first-order chi connectivity index (χ1) is 12.7. The van der Waals surface area contributed by atoms with E-state index in [-0.39, 0.29) is 22.8 Å². The molecule has 1 aromatic carbocycles. The topological polar surface area (TPSA) is 48.2 Å².